The van der Waals surface area contributed by atoms with E-state index in [4.69, 9.17) is 0 Å². The van der Waals surface area contributed by atoms with E-state index in [0.717, 1.165) is 18.8 Å². The SMILES string of the molecule is Cc1cc(CN2CCC3(CCCN3Cc3cccnc3)CC2)n(C)n1. The first-order chi connectivity index (χ1) is 12.1. The summed E-state index contributed by atoms with van der Waals surface area (Å²) in [5.74, 6) is 0. The standard InChI is InChI=1S/C20H29N5/c1-17-13-19(23(2)22-17)16-24-11-7-20(8-12-24)6-4-10-25(20)15-18-5-3-9-21-14-18/h3,5,9,13-14H,4,6-8,10-12,15-16H2,1-2H3. The van der Waals surface area contributed by atoms with Gasteiger partial charge < -0.3 is 0 Å². The monoisotopic (exact) mass is 339 g/mol. The zero-order chi connectivity index (χ0) is 17.3. The summed E-state index contributed by atoms with van der Waals surface area (Å²) in [6.45, 7) is 7.76. The summed E-state index contributed by atoms with van der Waals surface area (Å²) >= 11 is 0. The second-order valence-electron chi connectivity index (χ2n) is 7.79. The van der Waals surface area contributed by atoms with Gasteiger partial charge in [0.25, 0.3) is 0 Å². The average molecular weight is 339 g/mol. The van der Waals surface area contributed by atoms with Crippen molar-refractivity contribution in [3.8, 4) is 0 Å². The predicted molar refractivity (Wildman–Crippen MR) is 99.1 cm³/mol. The van der Waals surface area contributed by atoms with Gasteiger partial charge >= 0.3 is 0 Å². The minimum absolute atomic E-state index is 0.411. The van der Waals surface area contributed by atoms with Gasteiger partial charge in [-0.15, -0.1) is 0 Å². The molecule has 0 aliphatic carbocycles. The first-order valence-corrected chi connectivity index (χ1v) is 9.50. The number of hydrogen-bond donors (Lipinski definition) is 0. The largest absolute Gasteiger partial charge is 0.297 e. The van der Waals surface area contributed by atoms with Crippen molar-refractivity contribution in [3.05, 3.63) is 47.5 Å². The number of aryl methyl sites for hydroxylation is 2. The highest BCUT2D eigenvalue weighted by Crippen LogP contribution is 2.39. The smallest absolute Gasteiger partial charge is 0.0597 e. The van der Waals surface area contributed by atoms with Crippen molar-refractivity contribution in [1.29, 1.82) is 0 Å². The van der Waals surface area contributed by atoms with Gasteiger partial charge in [-0.2, -0.15) is 5.10 Å². The van der Waals surface area contributed by atoms with Crippen molar-refractivity contribution in [2.75, 3.05) is 19.6 Å². The van der Waals surface area contributed by atoms with Crippen molar-refractivity contribution < 1.29 is 0 Å². The van der Waals surface area contributed by atoms with Gasteiger partial charge in [0.2, 0.25) is 0 Å². The lowest BCUT2D eigenvalue weighted by molar-refractivity contribution is 0.0441. The Hall–Kier alpha value is -1.72. The molecule has 2 saturated heterocycles. The normalized spacial score (nSPS) is 21.2. The van der Waals surface area contributed by atoms with E-state index in [0.29, 0.717) is 5.54 Å². The number of likely N-dealkylation sites (tertiary alicyclic amines) is 2. The van der Waals surface area contributed by atoms with Gasteiger partial charge in [-0.05, 0) is 56.8 Å². The van der Waals surface area contributed by atoms with Gasteiger partial charge in [0.05, 0.1) is 11.4 Å². The molecule has 2 fully saturated rings. The second-order valence-corrected chi connectivity index (χ2v) is 7.79. The molecule has 0 atom stereocenters. The van der Waals surface area contributed by atoms with Gasteiger partial charge in [-0.25, -0.2) is 0 Å². The second kappa shape index (κ2) is 6.89. The van der Waals surface area contributed by atoms with E-state index in [2.05, 4.69) is 52.1 Å². The van der Waals surface area contributed by atoms with Crippen LogP contribution < -0.4 is 0 Å². The molecule has 25 heavy (non-hydrogen) atoms. The van der Waals surface area contributed by atoms with Gasteiger partial charge in [0, 0.05) is 51.2 Å². The van der Waals surface area contributed by atoms with Crippen LogP contribution in [0, 0.1) is 6.92 Å². The van der Waals surface area contributed by atoms with Crippen LogP contribution in [0.5, 0.6) is 0 Å². The molecule has 4 rings (SSSR count). The van der Waals surface area contributed by atoms with Gasteiger partial charge in [-0.3, -0.25) is 19.5 Å². The lowest BCUT2D eigenvalue weighted by Gasteiger charge is -2.45. The number of nitrogens with zero attached hydrogens (tertiary/aromatic N) is 5. The third kappa shape index (κ3) is 3.48. The van der Waals surface area contributed by atoms with Crippen LogP contribution >= 0.6 is 0 Å². The lowest BCUT2D eigenvalue weighted by Crippen LogP contribution is -2.51. The molecule has 2 aromatic heterocycles. The van der Waals surface area contributed by atoms with Crippen molar-refractivity contribution in [1.82, 2.24) is 24.6 Å². The van der Waals surface area contributed by atoms with Gasteiger partial charge in [-0.1, -0.05) is 6.07 Å². The Kier molecular flexibility index (Phi) is 4.61. The van der Waals surface area contributed by atoms with E-state index >= 15 is 0 Å². The summed E-state index contributed by atoms with van der Waals surface area (Å²) in [5.41, 5.74) is 4.20. The molecule has 0 bridgehead atoms. The molecule has 134 valence electrons. The summed E-state index contributed by atoms with van der Waals surface area (Å²) in [6.07, 6.45) is 9.13. The van der Waals surface area contributed by atoms with Crippen molar-refractivity contribution in [2.24, 2.45) is 7.05 Å². The minimum Gasteiger partial charge on any atom is -0.297 e. The van der Waals surface area contributed by atoms with Crippen LogP contribution in [0.2, 0.25) is 0 Å². The van der Waals surface area contributed by atoms with Crippen molar-refractivity contribution in [3.63, 3.8) is 0 Å². The topological polar surface area (TPSA) is 37.2 Å². The Bertz CT molecular complexity index is 700. The van der Waals surface area contributed by atoms with E-state index in [1.165, 1.54) is 56.6 Å². The highest BCUT2D eigenvalue weighted by atomic mass is 15.3. The lowest BCUT2D eigenvalue weighted by atomic mass is 9.84. The minimum atomic E-state index is 0.411. The quantitative estimate of drug-likeness (QED) is 0.858. The van der Waals surface area contributed by atoms with E-state index in [-0.39, 0.29) is 0 Å². The fourth-order valence-corrected chi connectivity index (χ4v) is 4.69. The Morgan fingerprint density at radius 2 is 1.96 bits per heavy atom. The van der Waals surface area contributed by atoms with Crippen LogP contribution in [-0.2, 0) is 20.1 Å². The molecule has 0 unspecified atom stereocenters. The maximum absolute atomic E-state index is 4.48. The molecule has 0 saturated carbocycles. The highest BCUT2D eigenvalue weighted by Gasteiger charge is 2.42. The molecule has 4 heterocycles. The first kappa shape index (κ1) is 16.7. The molecule has 2 aromatic rings. The Morgan fingerprint density at radius 1 is 1.12 bits per heavy atom. The zero-order valence-electron chi connectivity index (χ0n) is 15.5. The van der Waals surface area contributed by atoms with E-state index < -0.39 is 0 Å². The highest BCUT2D eigenvalue weighted by molar-refractivity contribution is 5.12. The van der Waals surface area contributed by atoms with Crippen LogP contribution in [0.3, 0.4) is 0 Å². The van der Waals surface area contributed by atoms with Crippen molar-refractivity contribution in [2.45, 2.75) is 51.2 Å². The third-order valence-electron chi connectivity index (χ3n) is 6.11. The maximum atomic E-state index is 4.48. The molecular formula is C20H29N5. The maximum Gasteiger partial charge on any atom is 0.0597 e. The predicted octanol–water partition coefficient (Wildman–Crippen LogP) is 2.75. The molecule has 0 amide bonds. The Labute approximate surface area is 150 Å². The van der Waals surface area contributed by atoms with E-state index in [9.17, 15) is 0 Å². The molecular weight excluding hydrogens is 310 g/mol. The van der Waals surface area contributed by atoms with Gasteiger partial charge in [0.1, 0.15) is 0 Å². The molecule has 5 nitrogen and oxygen atoms in total. The Balaban J connectivity index is 1.38. The molecule has 5 heteroatoms. The summed E-state index contributed by atoms with van der Waals surface area (Å²) in [7, 11) is 2.06. The zero-order valence-corrected chi connectivity index (χ0v) is 15.5. The van der Waals surface area contributed by atoms with Crippen LogP contribution in [0.4, 0.5) is 0 Å². The van der Waals surface area contributed by atoms with Gasteiger partial charge in [0.15, 0.2) is 0 Å². The molecule has 2 aliphatic heterocycles. The Morgan fingerprint density at radius 3 is 2.64 bits per heavy atom. The number of rotatable bonds is 4. The number of pyridine rings is 1. The molecule has 0 N–H and O–H groups in total. The van der Waals surface area contributed by atoms with Crippen LogP contribution in [0.25, 0.3) is 0 Å². The number of piperidine rings is 1. The number of hydrogen-bond acceptors (Lipinski definition) is 4. The summed E-state index contributed by atoms with van der Waals surface area (Å²) < 4.78 is 2.03. The first-order valence-electron chi connectivity index (χ1n) is 9.50. The third-order valence-corrected chi connectivity index (χ3v) is 6.11. The summed E-state index contributed by atoms with van der Waals surface area (Å²) in [5, 5.41) is 4.48. The van der Waals surface area contributed by atoms with Crippen LogP contribution in [0.15, 0.2) is 30.6 Å². The average Bonchev–Trinajstić information content (AvgIpc) is 3.14. The fourth-order valence-electron chi connectivity index (χ4n) is 4.69. The fraction of sp³-hybridized carbons (Fsp3) is 0.600. The van der Waals surface area contributed by atoms with Crippen LogP contribution in [-0.4, -0.2) is 49.7 Å². The molecule has 0 aromatic carbocycles. The molecule has 1 spiro atoms. The summed E-state index contributed by atoms with van der Waals surface area (Å²) in [6, 6.07) is 6.48. The van der Waals surface area contributed by atoms with E-state index in [1.54, 1.807) is 0 Å². The molecule has 0 radical (unpaired) electrons. The summed E-state index contributed by atoms with van der Waals surface area (Å²) in [4.78, 5) is 9.62. The van der Waals surface area contributed by atoms with Crippen molar-refractivity contribution >= 4 is 0 Å². The van der Waals surface area contributed by atoms with Crippen LogP contribution in [0.1, 0.15) is 42.6 Å². The van der Waals surface area contributed by atoms with E-state index in [1.807, 2.05) is 17.1 Å². The number of aromatic nitrogens is 3. The molecule has 2 aliphatic rings.